The number of anilines is 2. The molecule has 2 saturated heterocycles. The molecule has 5 heteroatoms. The highest BCUT2D eigenvalue weighted by atomic mass is 16.5. The number of hydrogen-bond donors (Lipinski definition) is 0. The lowest BCUT2D eigenvalue weighted by Gasteiger charge is -2.28. The number of benzene rings is 3. The molecule has 5 nitrogen and oxygen atoms in total. The average Bonchev–Trinajstić information content (AvgIpc) is 3.34. The van der Waals surface area contributed by atoms with Crippen molar-refractivity contribution in [2.75, 3.05) is 62.8 Å². The molecular formula is C34H45N3O2. The van der Waals surface area contributed by atoms with E-state index in [2.05, 4.69) is 88.4 Å². The fraction of sp³-hybridized carbons (Fsp3) is 0.471. The molecule has 0 aliphatic carbocycles. The summed E-state index contributed by atoms with van der Waals surface area (Å²) in [7, 11) is 1.74. The van der Waals surface area contributed by atoms with Crippen molar-refractivity contribution in [2.45, 2.75) is 51.5 Å². The van der Waals surface area contributed by atoms with Crippen LogP contribution in [0.15, 0.2) is 72.8 Å². The summed E-state index contributed by atoms with van der Waals surface area (Å²) in [5.74, 6) is 2.41. The van der Waals surface area contributed by atoms with Gasteiger partial charge in [-0.15, -0.1) is 0 Å². The number of hydrogen-bond acceptors (Lipinski definition) is 5. The summed E-state index contributed by atoms with van der Waals surface area (Å²) in [6.45, 7) is 10.5. The van der Waals surface area contributed by atoms with Crippen LogP contribution >= 0.6 is 0 Å². The minimum Gasteiger partial charge on any atom is -0.497 e. The van der Waals surface area contributed by atoms with E-state index in [9.17, 15) is 0 Å². The second kappa shape index (κ2) is 13.7. The summed E-state index contributed by atoms with van der Waals surface area (Å²) in [6.07, 6.45) is 6.57. The van der Waals surface area contributed by atoms with E-state index in [1.54, 1.807) is 7.11 Å². The normalized spacial score (nSPS) is 18.1. The van der Waals surface area contributed by atoms with Crippen LogP contribution in [0.3, 0.4) is 0 Å². The van der Waals surface area contributed by atoms with Crippen molar-refractivity contribution >= 4 is 11.4 Å². The van der Waals surface area contributed by atoms with E-state index < -0.39 is 0 Å². The summed E-state index contributed by atoms with van der Waals surface area (Å²) in [5, 5.41) is 0. The Balaban J connectivity index is 1.19. The molecule has 1 atom stereocenters. The van der Waals surface area contributed by atoms with Crippen molar-refractivity contribution in [3.8, 4) is 11.5 Å². The van der Waals surface area contributed by atoms with E-state index in [1.165, 1.54) is 61.3 Å². The van der Waals surface area contributed by atoms with Gasteiger partial charge >= 0.3 is 0 Å². The van der Waals surface area contributed by atoms with E-state index in [4.69, 9.17) is 9.47 Å². The van der Waals surface area contributed by atoms with Gasteiger partial charge in [0.15, 0.2) is 0 Å². The Labute approximate surface area is 235 Å². The number of rotatable bonds is 11. The quantitative estimate of drug-likeness (QED) is 0.269. The SMILES string of the molecule is CCN(Cc1ccc(OCCN2CCCCCC2)cc1)c1ccccc1C1CCN(c2cccc(OC)c2)C1. The van der Waals surface area contributed by atoms with E-state index in [0.29, 0.717) is 5.92 Å². The molecule has 0 amide bonds. The Bertz CT molecular complexity index is 1160. The predicted molar refractivity (Wildman–Crippen MR) is 163 cm³/mol. The largest absolute Gasteiger partial charge is 0.497 e. The lowest BCUT2D eigenvalue weighted by Crippen LogP contribution is -2.29. The molecule has 39 heavy (non-hydrogen) atoms. The first-order valence-electron chi connectivity index (χ1n) is 14.9. The number of nitrogens with zero attached hydrogens (tertiary/aromatic N) is 3. The Morgan fingerprint density at radius 2 is 1.64 bits per heavy atom. The van der Waals surface area contributed by atoms with Crippen LogP contribution in [0.2, 0.25) is 0 Å². The highest BCUT2D eigenvalue weighted by Crippen LogP contribution is 2.37. The fourth-order valence-electron chi connectivity index (χ4n) is 6.11. The van der Waals surface area contributed by atoms with Gasteiger partial charge in [-0.3, -0.25) is 4.90 Å². The van der Waals surface area contributed by atoms with E-state index >= 15 is 0 Å². The molecule has 0 radical (unpaired) electrons. The van der Waals surface area contributed by atoms with Crippen LogP contribution in [0.5, 0.6) is 11.5 Å². The van der Waals surface area contributed by atoms with Crippen LogP contribution in [-0.4, -0.2) is 57.9 Å². The lowest BCUT2D eigenvalue weighted by molar-refractivity contribution is 0.214. The molecule has 5 rings (SSSR count). The molecule has 1 unspecified atom stereocenters. The van der Waals surface area contributed by atoms with E-state index in [1.807, 2.05) is 6.07 Å². The maximum atomic E-state index is 6.10. The topological polar surface area (TPSA) is 28.2 Å². The van der Waals surface area contributed by atoms with Gasteiger partial charge in [0.05, 0.1) is 7.11 Å². The summed E-state index contributed by atoms with van der Waals surface area (Å²) in [5.41, 5.74) is 5.37. The van der Waals surface area contributed by atoms with Crippen molar-refractivity contribution < 1.29 is 9.47 Å². The zero-order chi connectivity index (χ0) is 26.9. The van der Waals surface area contributed by atoms with Gasteiger partial charge in [0.25, 0.3) is 0 Å². The third-order valence-corrected chi connectivity index (χ3v) is 8.38. The third kappa shape index (κ3) is 7.27. The Kier molecular flexibility index (Phi) is 9.66. The molecule has 2 fully saturated rings. The van der Waals surface area contributed by atoms with Crippen LogP contribution in [-0.2, 0) is 6.54 Å². The summed E-state index contributed by atoms with van der Waals surface area (Å²) in [6, 6.07) is 26.2. The van der Waals surface area contributed by atoms with Crippen LogP contribution in [0.4, 0.5) is 11.4 Å². The van der Waals surface area contributed by atoms with E-state index in [0.717, 1.165) is 57.3 Å². The second-order valence-corrected chi connectivity index (χ2v) is 11.0. The highest BCUT2D eigenvalue weighted by molar-refractivity contribution is 5.58. The molecular weight excluding hydrogens is 482 g/mol. The molecule has 0 saturated carbocycles. The molecule has 0 spiro atoms. The zero-order valence-electron chi connectivity index (χ0n) is 23.9. The maximum absolute atomic E-state index is 6.10. The zero-order valence-corrected chi connectivity index (χ0v) is 23.9. The van der Waals surface area contributed by atoms with Crippen LogP contribution in [0, 0.1) is 0 Å². The monoisotopic (exact) mass is 527 g/mol. The molecule has 0 N–H and O–H groups in total. The third-order valence-electron chi connectivity index (χ3n) is 8.38. The number of likely N-dealkylation sites (tertiary alicyclic amines) is 1. The van der Waals surface area contributed by atoms with Crippen LogP contribution < -0.4 is 19.3 Å². The summed E-state index contributed by atoms with van der Waals surface area (Å²) in [4.78, 5) is 7.56. The number of ether oxygens (including phenoxy) is 2. The molecule has 0 aromatic heterocycles. The second-order valence-electron chi connectivity index (χ2n) is 11.0. The predicted octanol–water partition coefficient (Wildman–Crippen LogP) is 6.97. The molecule has 3 aromatic carbocycles. The van der Waals surface area contributed by atoms with Gasteiger partial charge < -0.3 is 19.3 Å². The van der Waals surface area contributed by atoms with Crippen molar-refractivity contribution in [2.24, 2.45) is 0 Å². The highest BCUT2D eigenvalue weighted by Gasteiger charge is 2.27. The lowest BCUT2D eigenvalue weighted by atomic mass is 9.95. The first kappa shape index (κ1) is 27.4. The van der Waals surface area contributed by atoms with Crippen molar-refractivity contribution in [3.05, 3.63) is 83.9 Å². The van der Waals surface area contributed by atoms with Crippen molar-refractivity contribution in [1.29, 1.82) is 0 Å². The minimum absolute atomic E-state index is 0.515. The molecule has 208 valence electrons. The Hall–Kier alpha value is -3.18. The van der Waals surface area contributed by atoms with Gasteiger partial charge in [-0.1, -0.05) is 49.2 Å². The van der Waals surface area contributed by atoms with Gasteiger partial charge in [0, 0.05) is 56.1 Å². The summed E-state index contributed by atoms with van der Waals surface area (Å²) < 4.78 is 11.6. The summed E-state index contributed by atoms with van der Waals surface area (Å²) >= 11 is 0. The van der Waals surface area contributed by atoms with Gasteiger partial charge in [-0.25, -0.2) is 0 Å². The van der Waals surface area contributed by atoms with Crippen molar-refractivity contribution in [1.82, 2.24) is 4.90 Å². The van der Waals surface area contributed by atoms with Gasteiger partial charge in [0.1, 0.15) is 18.1 Å². The molecule has 2 aliphatic heterocycles. The molecule has 3 aromatic rings. The maximum Gasteiger partial charge on any atom is 0.120 e. The number of para-hydroxylation sites is 1. The fourth-order valence-corrected chi connectivity index (χ4v) is 6.11. The first-order valence-corrected chi connectivity index (χ1v) is 14.9. The Morgan fingerprint density at radius 1 is 0.846 bits per heavy atom. The van der Waals surface area contributed by atoms with Gasteiger partial charge in [-0.05, 0) is 80.7 Å². The molecule has 0 bridgehead atoms. The number of methoxy groups -OCH3 is 1. The standard InChI is InChI=1S/C34H45N3O2/c1-3-36(26-28-15-17-31(18-16-28)39-24-23-35-20-8-4-5-9-21-35)34-14-7-6-13-33(34)29-19-22-37(27-29)30-11-10-12-32(25-30)38-2/h6-7,10-18,25,29H,3-5,8-9,19-24,26-27H2,1-2H3. The minimum atomic E-state index is 0.515. The van der Waals surface area contributed by atoms with Crippen LogP contribution in [0.25, 0.3) is 0 Å². The molecule has 2 heterocycles. The smallest absolute Gasteiger partial charge is 0.120 e. The first-order chi connectivity index (χ1) is 19.2. The van der Waals surface area contributed by atoms with Gasteiger partial charge in [0.2, 0.25) is 0 Å². The average molecular weight is 528 g/mol. The van der Waals surface area contributed by atoms with E-state index in [-0.39, 0.29) is 0 Å². The molecule has 2 aliphatic rings. The van der Waals surface area contributed by atoms with Gasteiger partial charge in [-0.2, -0.15) is 0 Å². The van der Waals surface area contributed by atoms with Crippen molar-refractivity contribution in [3.63, 3.8) is 0 Å². The van der Waals surface area contributed by atoms with Crippen LogP contribution in [0.1, 0.15) is 56.1 Å². The Morgan fingerprint density at radius 3 is 2.41 bits per heavy atom.